The number of hydrogen-bond acceptors (Lipinski definition) is 4. The van der Waals surface area contributed by atoms with Gasteiger partial charge in [-0.2, -0.15) is 0 Å². The van der Waals surface area contributed by atoms with E-state index in [1.165, 1.54) is 16.7 Å². The first kappa shape index (κ1) is 13.9. The first-order valence-corrected chi connectivity index (χ1v) is 7.78. The third kappa shape index (κ3) is 3.52. The van der Waals surface area contributed by atoms with Crippen LogP contribution in [-0.4, -0.2) is 10.2 Å². The molecule has 0 unspecified atom stereocenters. The van der Waals surface area contributed by atoms with Gasteiger partial charge in [-0.1, -0.05) is 59.3 Å². The van der Waals surface area contributed by atoms with Crippen LogP contribution in [0.15, 0.2) is 58.2 Å². The highest BCUT2D eigenvalue weighted by Gasteiger charge is 2.09. The molecule has 0 amide bonds. The number of benzene rings is 2. The van der Waals surface area contributed by atoms with Gasteiger partial charge in [-0.15, -0.1) is 10.2 Å². The van der Waals surface area contributed by atoms with E-state index in [0.717, 1.165) is 11.3 Å². The Morgan fingerprint density at radius 2 is 1.48 bits per heavy atom. The molecule has 3 aromatic rings. The lowest BCUT2D eigenvalue weighted by Gasteiger charge is -1.99. The molecule has 2 aromatic carbocycles. The molecule has 4 heteroatoms. The molecule has 3 nitrogen and oxygen atoms in total. The Hall–Kier alpha value is -2.07. The van der Waals surface area contributed by atoms with Crippen LogP contribution in [0.25, 0.3) is 11.5 Å². The maximum atomic E-state index is 5.70. The van der Waals surface area contributed by atoms with Gasteiger partial charge < -0.3 is 4.42 Å². The van der Waals surface area contributed by atoms with Crippen LogP contribution in [0, 0.1) is 13.8 Å². The predicted molar refractivity (Wildman–Crippen MR) is 85.2 cm³/mol. The van der Waals surface area contributed by atoms with E-state index in [1.807, 2.05) is 24.3 Å². The lowest BCUT2D eigenvalue weighted by atomic mass is 10.1. The second-order valence-corrected chi connectivity index (χ2v) is 5.94. The fourth-order valence-corrected chi connectivity index (χ4v) is 2.63. The summed E-state index contributed by atoms with van der Waals surface area (Å²) in [6.45, 7) is 4.14. The lowest BCUT2D eigenvalue weighted by Crippen LogP contribution is -1.81. The minimum atomic E-state index is 0.571. The van der Waals surface area contributed by atoms with Crippen LogP contribution in [0.4, 0.5) is 0 Å². The van der Waals surface area contributed by atoms with Crippen molar-refractivity contribution in [3.05, 3.63) is 65.2 Å². The molecule has 1 heterocycles. The Morgan fingerprint density at radius 1 is 0.857 bits per heavy atom. The van der Waals surface area contributed by atoms with Crippen molar-refractivity contribution in [2.24, 2.45) is 0 Å². The van der Waals surface area contributed by atoms with E-state index in [0.29, 0.717) is 11.1 Å². The van der Waals surface area contributed by atoms with Gasteiger partial charge in [-0.05, 0) is 31.5 Å². The average molecular weight is 296 g/mol. The van der Waals surface area contributed by atoms with Crippen molar-refractivity contribution in [1.82, 2.24) is 10.2 Å². The monoisotopic (exact) mass is 296 g/mol. The molecule has 106 valence electrons. The van der Waals surface area contributed by atoms with E-state index >= 15 is 0 Å². The van der Waals surface area contributed by atoms with Crippen LogP contribution >= 0.6 is 11.8 Å². The van der Waals surface area contributed by atoms with Crippen LogP contribution < -0.4 is 0 Å². The molecule has 0 spiro atoms. The molecule has 0 atom stereocenters. The van der Waals surface area contributed by atoms with Crippen molar-refractivity contribution in [2.45, 2.75) is 24.8 Å². The van der Waals surface area contributed by atoms with Gasteiger partial charge in [0.2, 0.25) is 5.89 Å². The van der Waals surface area contributed by atoms with Crippen LogP contribution in [0.2, 0.25) is 0 Å². The molecule has 0 aliphatic rings. The summed E-state index contributed by atoms with van der Waals surface area (Å²) in [5, 5.41) is 8.80. The fourth-order valence-electron chi connectivity index (χ4n) is 1.91. The first-order chi connectivity index (χ1) is 10.2. The second-order valence-electron chi connectivity index (χ2n) is 5.01. The first-order valence-electron chi connectivity index (χ1n) is 6.79. The highest BCUT2D eigenvalue weighted by atomic mass is 32.2. The number of aryl methyl sites for hydroxylation is 2. The van der Waals surface area contributed by atoms with Crippen molar-refractivity contribution in [2.75, 3.05) is 0 Å². The second kappa shape index (κ2) is 6.14. The Kier molecular flexibility index (Phi) is 4.06. The van der Waals surface area contributed by atoms with Crippen LogP contribution in [0.1, 0.15) is 16.7 Å². The average Bonchev–Trinajstić information content (AvgIpc) is 2.96. The minimum absolute atomic E-state index is 0.571. The van der Waals surface area contributed by atoms with E-state index < -0.39 is 0 Å². The molecule has 0 radical (unpaired) electrons. The van der Waals surface area contributed by atoms with Gasteiger partial charge in [0, 0.05) is 11.3 Å². The van der Waals surface area contributed by atoms with Gasteiger partial charge in [0.25, 0.3) is 5.22 Å². The van der Waals surface area contributed by atoms with Crippen molar-refractivity contribution in [3.8, 4) is 11.5 Å². The third-order valence-electron chi connectivity index (χ3n) is 3.19. The SMILES string of the molecule is Cc1ccc(CSc2nnc(-c3ccc(C)cc3)o2)cc1. The molecule has 0 fully saturated rings. The van der Waals surface area contributed by atoms with Crippen LogP contribution in [0.3, 0.4) is 0 Å². The molecule has 0 aliphatic carbocycles. The van der Waals surface area contributed by atoms with Crippen LogP contribution in [0.5, 0.6) is 0 Å². The minimum Gasteiger partial charge on any atom is -0.411 e. The van der Waals surface area contributed by atoms with Crippen molar-refractivity contribution < 1.29 is 4.42 Å². The number of hydrogen-bond donors (Lipinski definition) is 0. The molecule has 0 bridgehead atoms. The largest absolute Gasteiger partial charge is 0.411 e. The molecular weight excluding hydrogens is 280 g/mol. The van der Waals surface area contributed by atoms with E-state index in [2.05, 4.69) is 48.3 Å². The topological polar surface area (TPSA) is 38.9 Å². The van der Waals surface area contributed by atoms with Gasteiger partial charge >= 0.3 is 0 Å². The Balaban J connectivity index is 1.67. The van der Waals surface area contributed by atoms with Gasteiger partial charge in [0.15, 0.2) is 0 Å². The van der Waals surface area contributed by atoms with Crippen molar-refractivity contribution in [3.63, 3.8) is 0 Å². The smallest absolute Gasteiger partial charge is 0.277 e. The standard InChI is InChI=1S/C17H16N2OS/c1-12-3-7-14(8-4-12)11-21-17-19-18-16(20-17)15-9-5-13(2)6-10-15/h3-10H,11H2,1-2H3. The highest BCUT2D eigenvalue weighted by Crippen LogP contribution is 2.25. The van der Waals surface area contributed by atoms with Crippen molar-refractivity contribution in [1.29, 1.82) is 0 Å². The predicted octanol–water partition coefficient (Wildman–Crippen LogP) is 4.65. The maximum absolute atomic E-state index is 5.70. The number of rotatable bonds is 4. The summed E-state index contributed by atoms with van der Waals surface area (Å²) in [5.74, 6) is 1.40. The molecule has 0 aliphatic heterocycles. The maximum Gasteiger partial charge on any atom is 0.277 e. The highest BCUT2D eigenvalue weighted by molar-refractivity contribution is 7.98. The van der Waals surface area contributed by atoms with Gasteiger partial charge in [-0.3, -0.25) is 0 Å². The van der Waals surface area contributed by atoms with Crippen molar-refractivity contribution >= 4 is 11.8 Å². The van der Waals surface area contributed by atoms with E-state index in [9.17, 15) is 0 Å². The molecule has 3 rings (SSSR count). The summed E-state index contributed by atoms with van der Waals surface area (Å²) < 4.78 is 5.70. The fraction of sp³-hybridized carbons (Fsp3) is 0.176. The molecular formula is C17H16N2OS. The zero-order valence-corrected chi connectivity index (χ0v) is 12.9. The molecule has 21 heavy (non-hydrogen) atoms. The number of nitrogens with zero attached hydrogens (tertiary/aromatic N) is 2. The van der Waals surface area contributed by atoms with E-state index in [1.54, 1.807) is 11.8 Å². The molecule has 0 N–H and O–H groups in total. The lowest BCUT2D eigenvalue weighted by molar-refractivity contribution is 0.466. The number of thioether (sulfide) groups is 1. The van der Waals surface area contributed by atoms with E-state index in [-0.39, 0.29) is 0 Å². The number of aromatic nitrogens is 2. The van der Waals surface area contributed by atoms with Crippen LogP contribution in [-0.2, 0) is 5.75 Å². The zero-order valence-electron chi connectivity index (χ0n) is 12.0. The Labute approximate surface area is 128 Å². The quantitative estimate of drug-likeness (QED) is 0.657. The summed E-state index contributed by atoms with van der Waals surface area (Å²) in [4.78, 5) is 0. The summed E-state index contributed by atoms with van der Waals surface area (Å²) in [6, 6.07) is 16.5. The summed E-state index contributed by atoms with van der Waals surface area (Å²) in [6.07, 6.45) is 0. The zero-order chi connectivity index (χ0) is 14.7. The molecule has 0 saturated carbocycles. The van der Waals surface area contributed by atoms with Gasteiger partial charge in [0.1, 0.15) is 0 Å². The third-order valence-corrected chi connectivity index (χ3v) is 4.08. The van der Waals surface area contributed by atoms with Gasteiger partial charge in [0.05, 0.1) is 0 Å². The summed E-state index contributed by atoms with van der Waals surface area (Å²) in [5.41, 5.74) is 4.69. The normalized spacial score (nSPS) is 10.8. The Morgan fingerprint density at radius 3 is 2.14 bits per heavy atom. The molecule has 1 aromatic heterocycles. The summed E-state index contributed by atoms with van der Waals surface area (Å²) in [7, 11) is 0. The van der Waals surface area contributed by atoms with Gasteiger partial charge in [-0.25, -0.2) is 0 Å². The Bertz CT molecular complexity index is 717. The summed E-state index contributed by atoms with van der Waals surface area (Å²) >= 11 is 1.56. The molecule has 0 saturated heterocycles. The van der Waals surface area contributed by atoms with E-state index in [4.69, 9.17) is 4.42 Å².